The van der Waals surface area contributed by atoms with Gasteiger partial charge in [-0.2, -0.15) is 0 Å². The summed E-state index contributed by atoms with van der Waals surface area (Å²) in [6.45, 7) is 6.06. The molecule has 0 aromatic rings. The summed E-state index contributed by atoms with van der Waals surface area (Å²) in [6, 6.07) is 0. The average molecular weight is 201 g/mol. The average Bonchev–Trinajstić information content (AvgIpc) is 2.12. The summed E-state index contributed by atoms with van der Waals surface area (Å²) >= 11 is 0. The van der Waals surface area contributed by atoms with Gasteiger partial charge in [-0.25, -0.2) is 0 Å². The van der Waals surface area contributed by atoms with Gasteiger partial charge in [0.15, 0.2) is 0 Å². The minimum atomic E-state index is -0.892. The number of rotatable bonds is 7. The molecule has 0 aromatic heterocycles. The van der Waals surface area contributed by atoms with Crippen LogP contribution in [0.3, 0.4) is 0 Å². The van der Waals surface area contributed by atoms with E-state index in [4.69, 9.17) is 5.73 Å². The molecule has 0 bridgehead atoms. The highest BCUT2D eigenvalue weighted by Gasteiger charge is 2.33. The molecule has 2 unspecified atom stereocenters. The molecule has 0 spiro atoms. The summed E-state index contributed by atoms with van der Waals surface area (Å²) in [5.41, 5.74) is 4.25. The minimum Gasteiger partial charge on any atom is -0.389 e. The van der Waals surface area contributed by atoms with E-state index in [0.29, 0.717) is 6.42 Å². The smallest absolute Gasteiger partial charge is 0.220 e. The van der Waals surface area contributed by atoms with E-state index in [1.807, 2.05) is 13.8 Å². The Kier molecular flexibility index (Phi) is 5.77. The molecule has 3 nitrogen and oxygen atoms in total. The topological polar surface area (TPSA) is 63.3 Å². The van der Waals surface area contributed by atoms with Crippen molar-refractivity contribution < 1.29 is 9.90 Å². The Bertz CT molecular complexity index is 182. The molecule has 3 N–H and O–H groups in total. The number of carbonyl (C=O) groups excluding carboxylic acids is 1. The number of aliphatic hydroxyl groups is 1. The summed E-state index contributed by atoms with van der Waals surface area (Å²) in [7, 11) is 0. The summed E-state index contributed by atoms with van der Waals surface area (Å²) in [6.07, 6.45) is 3.59. The van der Waals surface area contributed by atoms with Crippen LogP contribution in [0, 0.1) is 5.92 Å². The maximum absolute atomic E-state index is 10.9. The van der Waals surface area contributed by atoms with Gasteiger partial charge in [-0.05, 0) is 12.3 Å². The molecule has 0 fully saturated rings. The molecule has 0 rings (SSSR count). The third-order valence-corrected chi connectivity index (χ3v) is 2.97. The number of nitrogens with two attached hydrogens (primary N) is 1. The van der Waals surface area contributed by atoms with Crippen LogP contribution in [-0.4, -0.2) is 16.6 Å². The van der Waals surface area contributed by atoms with Gasteiger partial charge in [0.05, 0.1) is 12.0 Å². The first-order valence-electron chi connectivity index (χ1n) is 5.47. The fraction of sp³-hybridized carbons (Fsp3) is 0.909. The van der Waals surface area contributed by atoms with Crippen molar-refractivity contribution in [3.63, 3.8) is 0 Å². The van der Waals surface area contributed by atoms with Crippen molar-refractivity contribution in [2.45, 2.75) is 58.5 Å². The molecular weight excluding hydrogens is 178 g/mol. The van der Waals surface area contributed by atoms with Crippen LogP contribution in [0.2, 0.25) is 0 Å². The number of primary amides is 1. The zero-order chi connectivity index (χ0) is 11.2. The molecule has 3 heteroatoms. The Morgan fingerprint density at radius 3 is 2.43 bits per heavy atom. The first-order chi connectivity index (χ1) is 6.46. The predicted octanol–water partition coefficient (Wildman–Crippen LogP) is 1.83. The van der Waals surface area contributed by atoms with Crippen molar-refractivity contribution in [1.82, 2.24) is 0 Å². The third-order valence-electron chi connectivity index (χ3n) is 2.97. The van der Waals surface area contributed by atoms with Gasteiger partial charge in [-0.15, -0.1) is 0 Å². The third kappa shape index (κ3) is 4.09. The van der Waals surface area contributed by atoms with Crippen molar-refractivity contribution in [3.8, 4) is 0 Å². The van der Waals surface area contributed by atoms with E-state index in [-0.39, 0.29) is 12.3 Å². The van der Waals surface area contributed by atoms with Crippen LogP contribution in [0.1, 0.15) is 52.9 Å². The zero-order valence-electron chi connectivity index (χ0n) is 9.55. The summed E-state index contributed by atoms with van der Waals surface area (Å²) in [5.74, 6) is -0.287. The zero-order valence-corrected chi connectivity index (χ0v) is 9.55. The summed E-state index contributed by atoms with van der Waals surface area (Å²) in [5, 5.41) is 10.3. The molecule has 0 saturated heterocycles. The molecule has 84 valence electrons. The Hall–Kier alpha value is -0.570. The van der Waals surface area contributed by atoms with Crippen LogP contribution in [0.5, 0.6) is 0 Å². The van der Waals surface area contributed by atoms with Crippen molar-refractivity contribution in [2.24, 2.45) is 11.7 Å². The number of unbranched alkanes of at least 4 members (excludes halogenated alkanes) is 1. The maximum atomic E-state index is 10.9. The largest absolute Gasteiger partial charge is 0.389 e. The molecule has 2 atom stereocenters. The molecule has 0 aliphatic carbocycles. The second kappa shape index (κ2) is 6.02. The van der Waals surface area contributed by atoms with E-state index in [1.165, 1.54) is 0 Å². The van der Waals surface area contributed by atoms with Gasteiger partial charge in [0, 0.05) is 0 Å². The number of amides is 1. The Balaban J connectivity index is 4.39. The first kappa shape index (κ1) is 13.4. The predicted molar refractivity (Wildman–Crippen MR) is 57.7 cm³/mol. The lowest BCUT2D eigenvalue weighted by Crippen LogP contribution is -2.40. The lowest BCUT2D eigenvalue weighted by atomic mass is 9.80. The van der Waals surface area contributed by atoms with Gasteiger partial charge < -0.3 is 10.8 Å². The minimum absolute atomic E-state index is 0.0853. The number of hydrogen-bond donors (Lipinski definition) is 2. The van der Waals surface area contributed by atoms with Crippen LogP contribution in [0.4, 0.5) is 0 Å². The highest BCUT2D eigenvalue weighted by Crippen LogP contribution is 2.29. The summed E-state index contributed by atoms with van der Waals surface area (Å²) in [4.78, 5) is 10.9. The highest BCUT2D eigenvalue weighted by atomic mass is 16.3. The lowest BCUT2D eigenvalue weighted by Gasteiger charge is -2.32. The van der Waals surface area contributed by atoms with Gasteiger partial charge >= 0.3 is 0 Å². The van der Waals surface area contributed by atoms with Crippen molar-refractivity contribution in [1.29, 1.82) is 0 Å². The van der Waals surface area contributed by atoms with E-state index >= 15 is 0 Å². The fourth-order valence-electron chi connectivity index (χ4n) is 1.67. The van der Waals surface area contributed by atoms with Crippen molar-refractivity contribution in [3.05, 3.63) is 0 Å². The van der Waals surface area contributed by atoms with Crippen molar-refractivity contribution >= 4 is 5.91 Å². The van der Waals surface area contributed by atoms with Gasteiger partial charge in [0.1, 0.15) is 0 Å². The van der Waals surface area contributed by atoms with Crippen molar-refractivity contribution in [2.75, 3.05) is 0 Å². The van der Waals surface area contributed by atoms with Gasteiger partial charge in [-0.3, -0.25) is 4.79 Å². The van der Waals surface area contributed by atoms with Crippen LogP contribution in [0.25, 0.3) is 0 Å². The molecule has 0 aliphatic heterocycles. The Morgan fingerprint density at radius 1 is 1.50 bits per heavy atom. The molecule has 0 aromatic carbocycles. The molecule has 0 radical (unpaired) electrons. The standard InChI is InChI=1S/C11H23NO2/c1-4-6-7-11(14,8-10(12)13)9(3)5-2/h9,14H,4-8H2,1-3H3,(H2,12,13). The lowest BCUT2D eigenvalue weighted by molar-refractivity contribution is -0.126. The number of hydrogen-bond acceptors (Lipinski definition) is 2. The fourth-order valence-corrected chi connectivity index (χ4v) is 1.67. The molecule has 14 heavy (non-hydrogen) atoms. The van der Waals surface area contributed by atoms with Gasteiger partial charge in [0.2, 0.25) is 5.91 Å². The second-order valence-electron chi connectivity index (χ2n) is 4.16. The monoisotopic (exact) mass is 201 g/mol. The highest BCUT2D eigenvalue weighted by molar-refractivity contribution is 5.74. The Labute approximate surface area is 86.7 Å². The molecule has 1 amide bonds. The molecule has 0 heterocycles. The van der Waals surface area contributed by atoms with E-state index in [9.17, 15) is 9.90 Å². The maximum Gasteiger partial charge on any atom is 0.220 e. The quantitative estimate of drug-likeness (QED) is 0.660. The van der Waals surface area contributed by atoms with Gasteiger partial charge in [0.25, 0.3) is 0 Å². The normalized spacial score (nSPS) is 17.4. The van der Waals surface area contributed by atoms with E-state index in [0.717, 1.165) is 19.3 Å². The molecule has 0 saturated carbocycles. The second-order valence-corrected chi connectivity index (χ2v) is 4.16. The Morgan fingerprint density at radius 2 is 2.07 bits per heavy atom. The van der Waals surface area contributed by atoms with Crippen LogP contribution in [-0.2, 0) is 4.79 Å². The van der Waals surface area contributed by atoms with Crippen LogP contribution >= 0.6 is 0 Å². The van der Waals surface area contributed by atoms with Crippen LogP contribution in [0.15, 0.2) is 0 Å². The first-order valence-corrected chi connectivity index (χ1v) is 5.47. The van der Waals surface area contributed by atoms with E-state index in [1.54, 1.807) is 0 Å². The van der Waals surface area contributed by atoms with Gasteiger partial charge in [-0.1, -0.05) is 40.0 Å². The van der Waals surface area contributed by atoms with E-state index < -0.39 is 11.5 Å². The summed E-state index contributed by atoms with van der Waals surface area (Å²) < 4.78 is 0. The number of carbonyl (C=O) groups is 1. The van der Waals surface area contributed by atoms with Crippen LogP contribution < -0.4 is 5.73 Å². The SMILES string of the molecule is CCCCC(O)(CC(N)=O)C(C)CC. The molecular formula is C11H23NO2. The van der Waals surface area contributed by atoms with E-state index in [2.05, 4.69) is 6.92 Å². The molecule has 0 aliphatic rings.